The minimum atomic E-state index is -0.467. The van der Waals surface area contributed by atoms with Gasteiger partial charge >= 0.3 is 0 Å². The summed E-state index contributed by atoms with van der Waals surface area (Å²) in [6.07, 6.45) is 1.69. The molecule has 0 spiro atoms. The molecule has 0 unspecified atom stereocenters. The zero-order valence-corrected chi connectivity index (χ0v) is 15.3. The van der Waals surface area contributed by atoms with E-state index >= 15 is 0 Å². The molecule has 0 saturated heterocycles. The molecule has 0 atom stereocenters. The van der Waals surface area contributed by atoms with Crippen LogP contribution < -0.4 is 10.1 Å². The molecule has 0 aliphatic rings. The predicted octanol–water partition coefficient (Wildman–Crippen LogP) is 3.53. The molecule has 0 aliphatic carbocycles. The number of anilines is 1. The Hall–Kier alpha value is -3.26. The Balaban J connectivity index is 2.19. The average Bonchev–Trinajstić information content (AvgIpc) is 2.65. The second-order valence-corrected chi connectivity index (χ2v) is 6.36. The summed E-state index contributed by atoms with van der Waals surface area (Å²) in [7, 11) is 1.52. The van der Waals surface area contributed by atoms with E-state index in [1.165, 1.54) is 19.2 Å². The summed E-state index contributed by atoms with van der Waals surface area (Å²) in [6.45, 7) is 3.74. The van der Waals surface area contributed by atoms with Gasteiger partial charge in [-0.25, -0.2) is 9.97 Å². The Morgan fingerprint density at radius 3 is 2.67 bits per heavy atom. The van der Waals surface area contributed by atoms with Gasteiger partial charge in [-0.1, -0.05) is 0 Å². The number of aliphatic hydroxyl groups is 1. The molecule has 0 bridgehead atoms. The first-order valence-corrected chi connectivity index (χ1v) is 8.42. The van der Waals surface area contributed by atoms with Gasteiger partial charge in [0.1, 0.15) is 5.75 Å². The minimum absolute atomic E-state index is 0.0583. The van der Waals surface area contributed by atoms with Crippen LogP contribution in [0.4, 0.5) is 11.6 Å². The summed E-state index contributed by atoms with van der Waals surface area (Å²) >= 11 is 0. The third-order valence-corrected chi connectivity index (χ3v) is 4.08. The van der Waals surface area contributed by atoms with E-state index in [0.29, 0.717) is 33.9 Å². The highest BCUT2D eigenvalue weighted by Gasteiger charge is 2.17. The number of rotatable bonds is 6. The molecule has 8 nitrogen and oxygen atoms in total. The Kier molecular flexibility index (Phi) is 5.18. The number of benzene rings is 2. The molecule has 140 valence electrons. The van der Waals surface area contributed by atoms with Crippen LogP contribution in [0.15, 0.2) is 36.5 Å². The SMILES string of the molecule is COc1cc2nc(NC(C)C)ncc2cc1-c1cc([N+](=O)[O-])ccc1CO. The molecule has 1 heterocycles. The van der Waals surface area contributed by atoms with Crippen molar-refractivity contribution in [2.45, 2.75) is 26.5 Å². The van der Waals surface area contributed by atoms with Crippen LogP contribution in [0.25, 0.3) is 22.0 Å². The maximum atomic E-state index is 11.2. The quantitative estimate of drug-likeness (QED) is 0.506. The smallest absolute Gasteiger partial charge is 0.270 e. The largest absolute Gasteiger partial charge is 0.496 e. The van der Waals surface area contributed by atoms with Crippen molar-refractivity contribution in [2.24, 2.45) is 0 Å². The predicted molar refractivity (Wildman–Crippen MR) is 103 cm³/mol. The van der Waals surface area contributed by atoms with Gasteiger partial charge in [0.25, 0.3) is 5.69 Å². The summed E-state index contributed by atoms with van der Waals surface area (Å²) in [4.78, 5) is 19.5. The molecule has 3 rings (SSSR count). The van der Waals surface area contributed by atoms with E-state index in [0.717, 1.165) is 5.39 Å². The van der Waals surface area contributed by atoms with Crippen molar-refractivity contribution in [1.82, 2.24) is 9.97 Å². The zero-order chi connectivity index (χ0) is 19.6. The Labute approximate surface area is 156 Å². The number of aromatic nitrogens is 2. The average molecular weight is 368 g/mol. The minimum Gasteiger partial charge on any atom is -0.496 e. The topological polar surface area (TPSA) is 110 Å². The van der Waals surface area contributed by atoms with Crippen molar-refractivity contribution in [1.29, 1.82) is 0 Å². The van der Waals surface area contributed by atoms with Crippen molar-refractivity contribution in [2.75, 3.05) is 12.4 Å². The van der Waals surface area contributed by atoms with Crippen LogP contribution in [0.5, 0.6) is 5.75 Å². The van der Waals surface area contributed by atoms with Crippen LogP contribution in [0, 0.1) is 10.1 Å². The van der Waals surface area contributed by atoms with E-state index in [2.05, 4.69) is 15.3 Å². The molecule has 2 N–H and O–H groups in total. The lowest BCUT2D eigenvalue weighted by atomic mass is 9.97. The molecule has 0 aliphatic heterocycles. The van der Waals surface area contributed by atoms with Gasteiger partial charge in [0.15, 0.2) is 0 Å². The van der Waals surface area contributed by atoms with Crippen molar-refractivity contribution in [3.8, 4) is 16.9 Å². The highest BCUT2D eigenvalue weighted by molar-refractivity contribution is 5.89. The normalized spacial score (nSPS) is 11.0. The monoisotopic (exact) mass is 368 g/mol. The fourth-order valence-corrected chi connectivity index (χ4v) is 2.83. The van der Waals surface area contributed by atoms with Gasteiger partial charge < -0.3 is 15.2 Å². The first kappa shape index (κ1) is 18.5. The molecular weight excluding hydrogens is 348 g/mol. The molecule has 0 radical (unpaired) electrons. The third-order valence-electron chi connectivity index (χ3n) is 4.08. The maximum Gasteiger partial charge on any atom is 0.270 e. The van der Waals surface area contributed by atoms with E-state index in [1.807, 2.05) is 19.9 Å². The van der Waals surface area contributed by atoms with E-state index in [4.69, 9.17) is 4.74 Å². The third kappa shape index (κ3) is 3.80. The van der Waals surface area contributed by atoms with Crippen LogP contribution in [0.2, 0.25) is 0 Å². The second-order valence-electron chi connectivity index (χ2n) is 6.36. The molecule has 0 saturated carbocycles. The van der Waals surface area contributed by atoms with Crippen LogP contribution in [-0.2, 0) is 6.61 Å². The number of fused-ring (bicyclic) bond motifs is 1. The molecule has 0 amide bonds. The molecule has 8 heteroatoms. The van der Waals surface area contributed by atoms with Crippen molar-refractivity contribution < 1.29 is 14.8 Å². The first-order valence-electron chi connectivity index (χ1n) is 8.42. The highest BCUT2D eigenvalue weighted by Crippen LogP contribution is 2.37. The van der Waals surface area contributed by atoms with Crippen molar-refractivity contribution in [3.63, 3.8) is 0 Å². The van der Waals surface area contributed by atoms with Gasteiger partial charge in [0, 0.05) is 41.4 Å². The van der Waals surface area contributed by atoms with Crippen LogP contribution in [0.3, 0.4) is 0 Å². The van der Waals surface area contributed by atoms with E-state index < -0.39 is 4.92 Å². The number of nitro groups is 1. The summed E-state index contributed by atoms with van der Waals surface area (Å²) in [5.41, 5.74) is 2.36. The van der Waals surface area contributed by atoms with Gasteiger partial charge in [-0.2, -0.15) is 0 Å². The van der Waals surface area contributed by atoms with Gasteiger partial charge in [-0.3, -0.25) is 10.1 Å². The fourth-order valence-electron chi connectivity index (χ4n) is 2.83. The number of ether oxygens (including phenoxy) is 1. The Morgan fingerprint density at radius 1 is 1.26 bits per heavy atom. The Bertz CT molecular complexity index is 1000. The number of methoxy groups -OCH3 is 1. The standard InChI is InChI=1S/C19H20N4O4/c1-11(2)21-19-20-9-13-6-16(18(27-3)8-17(13)22-19)15-7-14(23(25)26)5-4-12(15)10-24/h4-9,11,24H,10H2,1-3H3,(H,20,21,22). The van der Waals surface area contributed by atoms with Crippen molar-refractivity contribution >= 4 is 22.5 Å². The molecule has 1 aromatic heterocycles. The maximum absolute atomic E-state index is 11.2. The molecule has 3 aromatic rings. The number of hydrogen-bond acceptors (Lipinski definition) is 7. The Morgan fingerprint density at radius 2 is 2.04 bits per heavy atom. The lowest BCUT2D eigenvalue weighted by molar-refractivity contribution is -0.384. The van der Waals surface area contributed by atoms with E-state index in [1.54, 1.807) is 18.3 Å². The highest BCUT2D eigenvalue weighted by atomic mass is 16.6. The lowest BCUT2D eigenvalue weighted by Crippen LogP contribution is -2.12. The van der Waals surface area contributed by atoms with E-state index in [9.17, 15) is 15.2 Å². The zero-order valence-electron chi connectivity index (χ0n) is 15.3. The number of nitrogens with one attached hydrogen (secondary N) is 1. The number of hydrogen-bond donors (Lipinski definition) is 2. The molecular formula is C19H20N4O4. The fraction of sp³-hybridized carbons (Fsp3) is 0.263. The number of non-ortho nitro benzene ring substituents is 1. The van der Waals surface area contributed by atoms with E-state index in [-0.39, 0.29) is 18.3 Å². The summed E-state index contributed by atoms with van der Waals surface area (Å²) in [5, 5.41) is 24.7. The van der Waals surface area contributed by atoms with Crippen LogP contribution in [-0.4, -0.2) is 33.1 Å². The number of aliphatic hydroxyl groups excluding tert-OH is 1. The summed E-state index contributed by atoms with van der Waals surface area (Å²) < 4.78 is 5.50. The number of nitro benzene ring substituents is 1. The second kappa shape index (κ2) is 7.55. The lowest BCUT2D eigenvalue weighted by Gasteiger charge is -2.14. The summed E-state index contributed by atoms with van der Waals surface area (Å²) in [5.74, 6) is 1.02. The molecule has 0 fully saturated rings. The van der Waals surface area contributed by atoms with Crippen LogP contribution >= 0.6 is 0 Å². The van der Waals surface area contributed by atoms with Gasteiger partial charge in [0.2, 0.25) is 5.95 Å². The van der Waals surface area contributed by atoms with Crippen molar-refractivity contribution in [3.05, 3.63) is 52.2 Å². The first-order chi connectivity index (χ1) is 12.9. The van der Waals surface area contributed by atoms with Gasteiger partial charge in [-0.15, -0.1) is 0 Å². The molecule has 2 aromatic carbocycles. The number of nitrogens with zero attached hydrogens (tertiary/aromatic N) is 3. The van der Waals surface area contributed by atoms with Gasteiger partial charge in [-0.05, 0) is 37.1 Å². The van der Waals surface area contributed by atoms with Crippen LogP contribution in [0.1, 0.15) is 19.4 Å². The van der Waals surface area contributed by atoms with Gasteiger partial charge in [0.05, 0.1) is 24.2 Å². The summed E-state index contributed by atoms with van der Waals surface area (Å²) in [6, 6.07) is 8.12. The molecule has 27 heavy (non-hydrogen) atoms.